The average Bonchev–Trinajstić information content (AvgIpc) is 3.49. The van der Waals surface area contributed by atoms with Gasteiger partial charge in [-0.15, -0.1) is 0 Å². The first-order valence-electron chi connectivity index (χ1n) is 11.7. The Bertz CT molecular complexity index is 1790. The molecule has 5 aromatic heterocycles. The molecule has 6 aromatic rings. The van der Waals surface area contributed by atoms with Gasteiger partial charge in [-0.1, -0.05) is 0 Å². The summed E-state index contributed by atoms with van der Waals surface area (Å²) in [5, 5.41) is 19.1. The first-order valence-corrected chi connectivity index (χ1v) is 11.7. The molecule has 0 spiro atoms. The van der Waals surface area contributed by atoms with Crippen molar-refractivity contribution in [3.63, 3.8) is 0 Å². The number of hydrogen-bond donors (Lipinski definition) is 4. The van der Waals surface area contributed by atoms with E-state index < -0.39 is 5.82 Å². The molecule has 7 rings (SSSR count). The molecule has 0 atom stereocenters. The number of nitrogens with one attached hydrogen (secondary N) is 2. The van der Waals surface area contributed by atoms with Crippen LogP contribution >= 0.6 is 0 Å². The van der Waals surface area contributed by atoms with E-state index in [1.54, 1.807) is 31.0 Å². The van der Waals surface area contributed by atoms with Crippen LogP contribution in [-0.4, -0.2) is 59.4 Å². The zero-order chi connectivity index (χ0) is 25.1. The molecular formula is C26H20FN9O. The summed E-state index contributed by atoms with van der Waals surface area (Å²) in [6, 6.07) is 7.98. The molecule has 0 radical (unpaired) electrons. The number of halogens is 1. The van der Waals surface area contributed by atoms with Crippen LogP contribution in [0, 0.1) is 5.82 Å². The van der Waals surface area contributed by atoms with Gasteiger partial charge in [0.1, 0.15) is 28.8 Å². The van der Waals surface area contributed by atoms with Crippen LogP contribution in [0.15, 0.2) is 61.3 Å². The van der Waals surface area contributed by atoms with Gasteiger partial charge in [0.25, 0.3) is 0 Å². The number of pyridine rings is 2. The molecule has 1 saturated heterocycles. The Morgan fingerprint density at radius 3 is 2.62 bits per heavy atom. The number of H-pyrrole nitrogens is 2. The molecule has 10 nitrogen and oxygen atoms in total. The predicted octanol–water partition coefficient (Wildman–Crippen LogP) is 3.62. The average molecular weight is 494 g/mol. The van der Waals surface area contributed by atoms with Crippen LogP contribution < -0.4 is 10.6 Å². The van der Waals surface area contributed by atoms with Crippen molar-refractivity contribution >= 4 is 27.6 Å². The molecule has 37 heavy (non-hydrogen) atoms. The summed E-state index contributed by atoms with van der Waals surface area (Å²) in [5.74, 6) is 0.1000. The van der Waals surface area contributed by atoms with E-state index in [-0.39, 0.29) is 11.8 Å². The zero-order valence-electron chi connectivity index (χ0n) is 19.4. The Hall–Kier alpha value is -4.90. The van der Waals surface area contributed by atoms with Crippen molar-refractivity contribution in [1.29, 1.82) is 0 Å². The molecule has 1 aliphatic rings. The van der Waals surface area contributed by atoms with Gasteiger partial charge < -0.3 is 20.7 Å². The van der Waals surface area contributed by atoms with Gasteiger partial charge in [-0.3, -0.25) is 20.1 Å². The molecule has 1 aromatic carbocycles. The fraction of sp³-hybridized carbons (Fsp3) is 0.115. The maximum Gasteiger partial charge on any atom is 0.147 e. The summed E-state index contributed by atoms with van der Waals surface area (Å²) in [6.07, 6.45) is 8.49. The lowest BCUT2D eigenvalue weighted by Crippen LogP contribution is -2.56. The van der Waals surface area contributed by atoms with Gasteiger partial charge in [0.05, 0.1) is 47.2 Å². The number of anilines is 1. The highest BCUT2D eigenvalue weighted by molar-refractivity contribution is 6.01. The Kier molecular flexibility index (Phi) is 4.66. The van der Waals surface area contributed by atoms with Gasteiger partial charge in [-0.25, -0.2) is 9.37 Å². The maximum absolute atomic E-state index is 14.0. The Morgan fingerprint density at radius 1 is 0.919 bits per heavy atom. The number of fused-ring (bicyclic) bond motifs is 2. The van der Waals surface area contributed by atoms with Crippen LogP contribution in [0.1, 0.15) is 0 Å². The van der Waals surface area contributed by atoms with Crippen molar-refractivity contribution < 1.29 is 9.50 Å². The highest BCUT2D eigenvalue weighted by Gasteiger charge is 2.25. The molecule has 5 N–H and O–H groups in total. The van der Waals surface area contributed by atoms with E-state index in [1.807, 2.05) is 12.1 Å². The minimum absolute atomic E-state index is 0.148. The van der Waals surface area contributed by atoms with Crippen molar-refractivity contribution in [2.75, 3.05) is 18.0 Å². The van der Waals surface area contributed by atoms with Gasteiger partial charge >= 0.3 is 0 Å². The second-order valence-electron chi connectivity index (χ2n) is 9.14. The van der Waals surface area contributed by atoms with Crippen LogP contribution in [0.25, 0.3) is 55.7 Å². The minimum atomic E-state index is -0.523. The molecule has 182 valence electrons. The number of benzene rings is 1. The van der Waals surface area contributed by atoms with Crippen molar-refractivity contribution in [3.05, 3.63) is 67.1 Å². The van der Waals surface area contributed by atoms with Crippen molar-refractivity contribution in [2.45, 2.75) is 6.04 Å². The summed E-state index contributed by atoms with van der Waals surface area (Å²) >= 11 is 0. The van der Waals surface area contributed by atoms with Crippen LogP contribution in [0.4, 0.5) is 10.2 Å². The van der Waals surface area contributed by atoms with Crippen molar-refractivity contribution in [3.8, 4) is 39.7 Å². The summed E-state index contributed by atoms with van der Waals surface area (Å²) in [6.45, 7) is 1.51. The number of phenolic OH excluding ortho intramolecular Hbond substituents is 1. The van der Waals surface area contributed by atoms with E-state index >= 15 is 0 Å². The smallest absolute Gasteiger partial charge is 0.147 e. The number of aromatic hydroxyl groups is 1. The van der Waals surface area contributed by atoms with E-state index in [2.05, 4.69) is 35.0 Å². The number of nitrogens with zero attached hydrogens (tertiary/aromatic N) is 6. The maximum atomic E-state index is 14.0. The monoisotopic (exact) mass is 493 g/mol. The Morgan fingerprint density at radius 2 is 1.78 bits per heavy atom. The highest BCUT2D eigenvalue weighted by Crippen LogP contribution is 2.35. The summed E-state index contributed by atoms with van der Waals surface area (Å²) in [7, 11) is 0. The number of aromatic amines is 2. The Balaban J connectivity index is 1.31. The topological polar surface area (TPSA) is 146 Å². The fourth-order valence-corrected chi connectivity index (χ4v) is 4.73. The quantitative estimate of drug-likeness (QED) is 0.291. The molecule has 6 heterocycles. The van der Waals surface area contributed by atoms with E-state index in [0.717, 1.165) is 52.5 Å². The number of hydrogen-bond acceptors (Lipinski definition) is 8. The molecule has 0 aliphatic carbocycles. The van der Waals surface area contributed by atoms with Gasteiger partial charge in [0, 0.05) is 47.7 Å². The van der Waals surface area contributed by atoms with Gasteiger partial charge in [-0.2, -0.15) is 5.10 Å². The van der Waals surface area contributed by atoms with Crippen LogP contribution in [-0.2, 0) is 0 Å². The third-order valence-corrected chi connectivity index (χ3v) is 6.56. The largest absolute Gasteiger partial charge is 0.508 e. The minimum Gasteiger partial charge on any atom is -0.508 e. The lowest BCUT2D eigenvalue weighted by Gasteiger charge is -2.37. The summed E-state index contributed by atoms with van der Waals surface area (Å²) < 4.78 is 14.0. The number of aromatic nitrogens is 7. The second-order valence-corrected chi connectivity index (χ2v) is 9.14. The van der Waals surface area contributed by atoms with Gasteiger partial charge in [-0.05, 0) is 29.8 Å². The third-order valence-electron chi connectivity index (χ3n) is 6.56. The van der Waals surface area contributed by atoms with Crippen molar-refractivity contribution in [2.24, 2.45) is 5.73 Å². The molecule has 0 unspecified atom stereocenters. The van der Waals surface area contributed by atoms with E-state index in [4.69, 9.17) is 10.7 Å². The zero-order valence-corrected chi connectivity index (χ0v) is 19.4. The number of phenols is 1. The van der Waals surface area contributed by atoms with E-state index in [1.165, 1.54) is 12.1 Å². The molecule has 0 bridgehead atoms. The number of nitrogens with two attached hydrogens (primary N) is 1. The van der Waals surface area contributed by atoms with Crippen molar-refractivity contribution in [1.82, 2.24) is 35.1 Å². The Labute approximate surface area is 209 Å². The van der Waals surface area contributed by atoms with E-state index in [9.17, 15) is 9.50 Å². The number of rotatable bonds is 4. The molecule has 0 amide bonds. The first kappa shape index (κ1) is 21.4. The lowest BCUT2D eigenvalue weighted by atomic mass is 10.0. The van der Waals surface area contributed by atoms with Crippen LogP contribution in [0.3, 0.4) is 0 Å². The van der Waals surface area contributed by atoms with Gasteiger partial charge in [0.15, 0.2) is 0 Å². The SMILES string of the molecule is NC1CN(c2cncc(-c3cc4c(-c5cc6c(-c7cc(O)cc(F)c7)cncc6[nH]5)n[nH]c4cn3)n2)C1. The molecule has 1 fully saturated rings. The first-order chi connectivity index (χ1) is 18.0. The fourth-order valence-electron chi connectivity index (χ4n) is 4.73. The molecular weight excluding hydrogens is 473 g/mol. The highest BCUT2D eigenvalue weighted by atomic mass is 19.1. The second kappa shape index (κ2) is 8.07. The van der Waals surface area contributed by atoms with E-state index in [0.29, 0.717) is 28.2 Å². The van der Waals surface area contributed by atoms with Crippen LogP contribution in [0.5, 0.6) is 5.75 Å². The summed E-state index contributed by atoms with van der Waals surface area (Å²) in [5.41, 5.74) is 11.4. The normalized spacial score (nSPS) is 13.9. The molecule has 11 heteroatoms. The lowest BCUT2D eigenvalue weighted by molar-refractivity contribution is 0.469. The standard InChI is InChI=1S/C26H20FN9O/c27-14-1-13(2-16(37)3-14)19-6-29-7-22-17(19)4-21(32-22)26-18-5-20(31-9-23(18)34-35-26)24-8-30-10-25(33-24)36-11-15(28)12-36/h1-10,15,32,37H,11-12,28H2,(H,34,35). The van der Waals surface area contributed by atoms with Gasteiger partial charge in [0.2, 0.25) is 0 Å². The summed E-state index contributed by atoms with van der Waals surface area (Å²) in [4.78, 5) is 23.4. The third kappa shape index (κ3) is 3.64. The van der Waals surface area contributed by atoms with Crippen LogP contribution in [0.2, 0.25) is 0 Å². The molecule has 1 aliphatic heterocycles. The predicted molar refractivity (Wildman–Crippen MR) is 137 cm³/mol. The molecule has 0 saturated carbocycles.